The van der Waals surface area contributed by atoms with E-state index in [-0.39, 0.29) is 12.4 Å². The molecule has 0 aromatic heterocycles. The van der Waals surface area contributed by atoms with Gasteiger partial charge in [-0.3, -0.25) is 0 Å². The van der Waals surface area contributed by atoms with Crippen molar-refractivity contribution in [3.63, 3.8) is 0 Å². The number of hydrogen-bond donors (Lipinski definition) is 1. The second-order valence-electron chi connectivity index (χ2n) is 1.99. The topological polar surface area (TPSA) is 20.2 Å². The van der Waals surface area contributed by atoms with Crippen molar-refractivity contribution in [3.05, 3.63) is 31.6 Å². The molecule has 1 aromatic rings. The molecule has 0 atom stereocenters. The van der Waals surface area contributed by atoms with Gasteiger partial charge in [0.2, 0.25) is 0 Å². The third-order valence-corrected chi connectivity index (χ3v) is 2.98. The van der Waals surface area contributed by atoms with Crippen molar-refractivity contribution in [2.75, 3.05) is 0 Å². The highest BCUT2D eigenvalue weighted by atomic mass is 127. The van der Waals surface area contributed by atoms with Gasteiger partial charge in [0.1, 0.15) is 0 Å². The fourth-order valence-corrected chi connectivity index (χ4v) is 1.98. The lowest BCUT2D eigenvalue weighted by atomic mass is 10.2. The van der Waals surface area contributed by atoms with Crippen LogP contribution in [0.3, 0.4) is 0 Å². The molecule has 0 aliphatic rings. The molecule has 0 amide bonds. The Kier molecular flexibility index (Phi) is 3.27. The predicted octanol–water partition coefficient (Wildman–Crippen LogP) is 2.69. The zero-order valence-corrected chi connectivity index (χ0v) is 9.19. The van der Waals surface area contributed by atoms with Gasteiger partial charge in [-0.25, -0.2) is 4.39 Å². The third-order valence-electron chi connectivity index (χ3n) is 1.29. The molecule has 60 valence electrons. The molecule has 0 aliphatic carbocycles. The van der Waals surface area contributed by atoms with Crippen molar-refractivity contribution in [1.29, 1.82) is 0 Å². The van der Waals surface area contributed by atoms with E-state index in [1.807, 2.05) is 22.6 Å². The average Bonchev–Trinajstić information content (AvgIpc) is 2.01. The number of rotatable bonds is 1. The zero-order valence-electron chi connectivity index (χ0n) is 5.44. The fraction of sp³-hybridized carbons (Fsp3) is 0.143. The minimum atomic E-state index is -0.308. The predicted molar refractivity (Wildman–Crippen MR) is 52.7 cm³/mol. The second kappa shape index (κ2) is 3.82. The van der Waals surface area contributed by atoms with Crippen molar-refractivity contribution < 1.29 is 9.50 Å². The smallest absolute Gasteiger partial charge is 0.151 e. The third kappa shape index (κ3) is 1.91. The molecule has 0 spiro atoms. The highest BCUT2D eigenvalue weighted by Gasteiger charge is 2.07. The Morgan fingerprint density at radius 3 is 2.73 bits per heavy atom. The van der Waals surface area contributed by atoms with E-state index < -0.39 is 0 Å². The van der Waals surface area contributed by atoms with Gasteiger partial charge in [-0.05, 0) is 50.2 Å². The van der Waals surface area contributed by atoms with Crippen LogP contribution in [-0.2, 0) is 6.61 Å². The van der Waals surface area contributed by atoms with Crippen molar-refractivity contribution in [2.24, 2.45) is 0 Å². The summed E-state index contributed by atoms with van der Waals surface area (Å²) >= 11 is 4.95. The highest BCUT2D eigenvalue weighted by molar-refractivity contribution is 14.1. The molecule has 11 heavy (non-hydrogen) atoms. The van der Waals surface area contributed by atoms with Crippen LogP contribution in [0.4, 0.5) is 4.39 Å². The Morgan fingerprint density at radius 2 is 2.18 bits per heavy atom. The van der Waals surface area contributed by atoms with Gasteiger partial charge in [0.15, 0.2) is 5.82 Å². The Morgan fingerprint density at radius 1 is 1.55 bits per heavy atom. The molecule has 1 rings (SSSR count). The van der Waals surface area contributed by atoms with Crippen LogP contribution in [0.15, 0.2) is 16.6 Å². The van der Waals surface area contributed by atoms with Crippen LogP contribution in [0, 0.1) is 9.39 Å². The molecule has 0 unspecified atom stereocenters. The van der Waals surface area contributed by atoms with E-state index in [4.69, 9.17) is 5.11 Å². The molecule has 1 N–H and O–H groups in total. The van der Waals surface area contributed by atoms with E-state index in [0.29, 0.717) is 13.6 Å². The largest absolute Gasteiger partial charge is 0.392 e. The Hall–Kier alpha value is 0.320. The van der Waals surface area contributed by atoms with Crippen molar-refractivity contribution >= 4 is 38.5 Å². The maximum atomic E-state index is 13.0. The summed E-state index contributed by atoms with van der Waals surface area (Å²) in [6, 6.07) is 3.32. The molecule has 0 fully saturated rings. The maximum Gasteiger partial charge on any atom is 0.151 e. The van der Waals surface area contributed by atoms with Gasteiger partial charge in [0.25, 0.3) is 0 Å². The van der Waals surface area contributed by atoms with Crippen LogP contribution in [0.5, 0.6) is 0 Å². The normalized spacial score (nSPS) is 10.2. The average molecular weight is 331 g/mol. The monoisotopic (exact) mass is 330 g/mol. The minimum Gasteiger partial charge on any atom is -0.392 e. The van der Waals surface area contributed by atoms with E-state index in [0.717, 1.165) is 0 Å². The molecule has 1 nitrogen and oxygen atoms in total. The lowest BCUT2D eigenvalue weighted by Gasteiger charge is -2.02. The highest BCUT2D eigenvalue weighted by Crippen LogP contribution is 2.24. The number of benzene rings is 1. The van der Waals surface area contributed by atoms with Gasteiger partial charge < -0.3 is 5.11 Å². The van der Waals surface area contributed by atoms with Crippen LogP contribution >= 0.6 is 38.5 Å². The standard InChI is InChI=1S/C7H5BrFIO/c8-6-4(3-11)1-2-5(10)7(6)9/h1-2,11H,3H2. The van der Waals surface area contributed by atoms with Crippen LogP contribution < -0.4 is 0 Å². The van der Waals surface area contributed by atoms with E-state index in [9.17, 15) is 4.39 Å². The van der Waals surface area contributed by atoms with E-state index in [1.54, 1.807) is 12.1 Å². The van der Waals surface area contributed by atoms with E-state index in [1.165, 1.54) is 0 Å². The van der Waals surface area contributed by atoms with Crippen LogP contribution in [0.2, 0.25) is 0 Å². The first-order valence-corrected chi connectivity index (χ1v) is 4.77. The van der Waals surface area contributed by atoms with Crippen LogP contribution in [0.1, 0.15) is 5.56 Å². The Labute approximate surface area is 85.9 Å². The number of aliphatic hydroxyl groups is 1. The molecule has 0 saturated carbocycles. The SMILES string of the molecule is OCc1ccc(I)c(F)c1Br. The van der Waals surface area contributed by atoms with E-state index >= 15 is 0 Å². The summed E-state index contributed by atoms with van der Waals surface area (Å²) in [7, 11) is 0. The summed E-state index contributed by atoms with van der Waals surface area (Å²) in [6.07, 6.45) is 0. The number of aliphatic hydroxyl groups excluding tert-OH is 1. The summed E-state index contributed by atoms with van der Waals surface area (Å²) in [5.74, 6) is -0.308. The fourth-order valence-electron chi connectivity index (χ4n) is 0.688. The van der Waals surface area contributed by atoms with Crippen LogP contribution in [-0.4, -0.2) is 5.11 Å². The first kappa shape index (κ1) is 9.41. The van der Waals surface area contributed by atoms with Crippen LogP contribution in [0.25, 0.3) is 0 Å². The Bertz CT molecular complexity index is 277. The number of hydrogen-bond acceptors (Lipinski definition) is 1. The molecular weight excluding hydrogens is 326 g/mol. The molecule has 1 aromatic carbocycles. The first-order chi connectivity index (χ1) is 5.16. The molecular formula is C7H5BrFIO. The number of halogens is 3. The van der Waals surface area contributed by atoms with Crippen molar-refractivity contribution in [1.82, 2.24) is 0 Å². The van der Waals surface area contributed by atoms with Gasteiger partial charge in [0, 0.05) is 3.57 Å². The first-order valence-electron chi connectivity index (χ1n) is 2.90. The van der Waals surface area contributed by atoms with Gasteiger partial charge in [-0.1, -0.05) is 6.07 Å². The second-order valence-corrected chi connectivity index (χ2v) is 3.95. The molecule has 0 bridgehead atoms. The van der Waals surface area contributed by atoms with Crippen molar-refractivity contribution in [3.8, 4) is 0 Å². The lowest BCUT2D eigenvalue weighted by molar-refractivity contribution is 0.280. The lowest BCUT2D eigenvalue weighted by Crippen LogP contribution is -1.91. The summed E-state index contributed by atoms with van der Waals surface area (Å²) in [4.78, 5) is 0. The Balaban J connectivity index is 3.25. The quantitative estimate of drug-likeness (QED) is 0.620. The van der Waals surface area contributed by atoms with Gasteiger partial charge in [-0.15, -0.1) is 0 Å². The maximum absolute atomic E-state index is 13.0. The zero-order chi connectivity index (χ0) is 8.43. The molecule has 0 saturated heterocycles. The minimum absolute atomic E-state index is 0.144. The van der Waals surface area contributed by atoms with E-state index in [2.05, 4.69) is 15.9 Å². The summed E-state index contributed by atoms with van der Waals surface area (Å²) in [5.41, 5.74) is 0.572. The van der Waals surface area contributed by atoms with Gasteiger partial charge in [-0.2, -0.15) is 0 Å². The van der Waals surface area contributed by atoms with Gasteiger partial charge in [0.05, 0.1) is 11.1 Å². The molecule has 0 aliphatic heterocycles. The summed E-state index contributed by atoms with van der Waals surface area (Å²) in [6.45, 7) is -0.144. The summed E-state index contributed by atoms with van der Waals surface area (Å²) < 4.78 is 13.9. The van der Waals surface area contributed by atoms with Gasteiger partial charge >= 0.3 is 0 Å². The van der Waals surface area contributed by atoms with Crippen molar-refractivity contribution in [2.45, 2.75) is 6.61 Å². The summed E-state index contributed by atoms with van der Waals surface area (Å²) in [5, 5.41) is 8.73. The molecule has 0 heterocycles. The molecule has 0 radical (unpaired) electrons. The molecule has 4 heteroatoms.